The molecule has 12 heteroatoms. The number of methoxy groups -OCH3 is 1. The highest BCUT2D eigenvalue weighted by Gasteiger charge is 2.30. The van der Waals surface area contributed by atoms with E-state index in [9.17, 15) is 18.0 Å². The van der Waals surface area contributed by atoms with Crippen LogP contribution >= 0.6 is 11.6 Å². The maximum absolute atomic E-state index is 13.0. The average Bonchev–Trinajstić information content (AvgIpc) is 3.35. The van der Waals surface area contributed by atoms with Gasteiger partial charge in [0.15, 0.2) is 5.65 Å². The summed E-state index contributed by atoms with van der Waals surface area (Å²) in [5.74, 6) is 0.491. The Morgan fingerprint density at radius 3 is 2.55 bits per heavy atom. The van der Waals surface area contributed by atoms with Gasteiger partial charge in [-0.25, -0.2) is 14.6 Å². The molecule has 0 aliphatic carbocycles. The maximum Gasteiger partial charge on any atom is 0.416 e. The van der Waals surface area contributed by atoms with E-state index < -0.39 is 17.6 Å². The number of amides is 1. The standard InChI is InChI=1S/C26H18ClF3N6O2/c1-38-19-8-6-18(7-9-19)36-24-20(13-33-36)23(31-14-32-24)35-22-11-15(5-10-21(22)27)25(37)34-17-4-2-3-16(12-17)26(28,29)30/h2-14H,1H3,(H,34,37)(H,31,32,35). The third-order valence-corrected chi connectivity index (χ3v) is 5.94. The van der Waals surface area contributed by atoms with Crippen LogP contribution in [0.3, 0.4) is 0 Å². The fourth-order valence-corrected chi connectivity index (χ4v) is 3.89. The molecule has 0 unspecified atom stereocenters. The summed E-state index contributed by atoms with van der Waals surface area (Å²) in [4.78, 5) is 21.4. The van der Waals surface area contributed by atoms with Gasteiger partial charge in [-0.2, -0.15) is 18.3 Å². The van der Waals surface area contributed by atoms with Crippen molar-refractivity contribution in [2.75, 3.05) is 17.7 Å². The lowest BCUT2D eigenvalue weighted by atomic mass is 10.1. The molecular weight excluding hydrogens is 521 g/mol. The van der Waals surface area contributed by atoms with Crippen LogP contribution in [0, 0.1) is 0 Å². The third kappa shape index (κ3) is 5.09. The van der Waals surface area contributed by atoms with Crippen molar-refractivity contribution in [3.05, 3.63) is 95.4 Å². The molecule has 0 radical (unpaired) electrons. The monoisotopic (exact) mass is 538 g/mol. The van der Waals surface area contributed by atoms with Gasteiger partial charge < -0.3 is 15.4 Å². The number of rotatable bonds is 6. The van der Waals surface area contributed by atoms with Crippen LogP contribution in [0.2, 0.25) is 5.02 Å². The summed E-state index contributed by atoms with van der Waals surface area (Å²) in [5.41, 5.74) is 0.975. The molecular formula is C26H18ClF3N6O2. The molecule has 0 spiro atoms. The molecule has 3 aromatic carbocycles. The summed E-state index contributed by atoms with van der Waals surface area (Å²) in [6.45, 7) is 0. The summed E-state index contributed by atoms with van der Waals surface area (Å²) in [7, 11) is 1.58. The highest BCUT2D eigenvalue weighted by Crippen LogP contribution is 2.32. The number of alkyl halides is 3. The number of halogens is 4. The van der Waals surface area contributed by atoms with Gasteiger partial charge in [-0.15, -0.1) is 0 Å². The average molecular weight is 539 g/mol. The number of fused-ring (bicyclic) bond motifs is 1. The second-order valence-electron chi connectivity index (χ2n) is 8.07. The minimum atomic E-state index is -4.53. The fraction of sp³-hybridized carbons (Fsp3) is 0.0769. The van der Waals surface area contributed by atoms with Gasteiger partial charge in [0.1, 0.15) is 17.9 Å². The van der Waals surface area contributed by atoms with Crippen molar-refractivity contribution >= 4 is 45.7 Å². The molecule has 5 rings (SSSR count). The molecule has 5 aromatic rings. The van der Waals surface area contributed by atoms with Gasteiger partial charge in [-0.05, 0) is 60.7 Å². The molecule has 0 bridgehead atoms. The van der Waals surface area contributed by atoms with Crippen molar-refractivity contribution in [1.82, 2.24) is 19.7 Å². The number of carbonyl (C=O) groups excluding carboxylic acids is 1. The minimum Gasteiger partial charge on any atom is -0.497 e. The van der Waals surface area contributed by atoms with Crippen LogP contribution in [-0.2, 0) is 6.18 Å². The molecule has 0 atom stereocenters. The summed E-state index contributed by atoms with van der Waals surface area (Å²) in [5, 5.41) is 10.9. The number of benzene rings is 3. The Hall–Kier alpha value is -4.64. The quantitative estimate of drug-likeness (QED) is 0.256. The predicted molar refractivity (Wildman–Crippen MR) is 137 cm³/mol. The van der Waals surface area contributed by atoms with E-state index >= 15 is 0 Å². The maximum atomic E-state index is 13.0. The Bertz CT molecular complexity index is 1640. The Balaban J connectivity index is 1.41. The zero-order valence-electron chi connectivity index (χ0n) is 19.6. The zero-order valence-corrected chi connectivity index (χ0v) is 20.4. The SMILES string of the molecule is COc1ccc(-n2ncc3c(Nc4cc(C(=O)Nc5cccc(C(F)(F)F)c5)ccc4Cl)ncnc32)cc1. The molecule has 0 aliphatic heterocycles. The van der Waals surface area contributed by atoms with Gasteiger partial charge in [0, 0.05) is 11.3 Å². The van der Waals surface area contributed by atoms with Crippen LogP contribution in [0.15, 0.2) is 79.3 Å². The Kier molecular flexibility index (Phi) is 6.60. The second kappa shape index (κ2) is 10.0. The van der Waals surface area contributed by atoms with Crippen molar-refractivity contribution < 1.29 is 22.7 Å². The fourth-order valence-electron chi connectivity index (χ4n) is 3.72. The molecule has 2 heterocycles. The lowest BCUT2D eigenvalue weighted by Gasteiger charge is -2.12. The normalized spacial score (nSPS) is 11.4. The number of aromatic nitrogens is 4. The number of ether oxygens (including phenoxy) is 1. The smallest absolute Gasteiger partial charge is 0.416 e. The Morgan fingerprint density at radius 2 is 1.82 bits per heavy atom. The van der Waals surface area contributed by atoms with Gasteiger partial charge in [0.2, 0.25) is 0 Å². The summed E-state index contributed by atoms with van der Waals surface area (Å²) < 4.78 is 45.9. The van der Waals surface area contributed by atoms with Gasteiger partial charge in [-0.3, -0.25) is 4.79 Å². The Morgan fingerprint density at radius 1 is 1.03 bits per heavy atom. The van der Waals surface area contributed by atoms with E-state index in [0.717, 1.165) is 17.8 Å². The van der Waals surface area contributed by atoms with Crippen LogP contribution < -0.4 is 15.4 Å². The van der Waals surface area contributed by atoms with Gasteiger partial charge in [-0.1, -0.05) is 17.7 Å². The van der Waals surface area contributed by atoms with Crippen LogP contribution in [-0.4, -0.2) is 32.8 Å². The van der Waals surface area contributed by atoms with Gasteiger partial charge >= 0.3 is 6.18 Å². The van der Waals surface area contributed by atoms with Crippen molar-refractivity contribution in [1.29, 1.82) is 0 Å². The van der Waals surface area contributed by atoms with Crippen LogP contribution in [0.1, 0.15) is 15.9 Å². The summed E-state index contributed by atoms with van der Waals surface area (Å²) in [6.07, 6.45) is -1.56. The van der Waals surface area contributed by atoms with Crippen molar-refractivity contribution in [2.45, 2.75) is 6.18 Å². The van der Waals surface area contributed by atoms with E-state index in [1.807, 2.05) is 12.1 Å². The second-order valence-corrected chi connectivity index (χ2v) is 8.47. The van der Waals surface area contributed by atoms with Crippen LogP contribution in [0.4, 0.5) is 30.4 Å². The Labute approximate surface area is 219 Å². The predicted octanol–water partition coefficient (Wildman–Crippen LogP) is 6.49. The van der Waals surface area contributed by atoms with E-state index in [2.05, 4.69) is 25.7 Å². The molecule has 8 nitrogen and oxygen atoms in total. The molecule has 192 valence electrons. The molecule has 0 aliphatic rings. The van der Waals surface area contributed by atoms with Crippen LogP contribution in [0.5, 0.6) is 5.75 Å². The van der Waals surface area contributed by atoms with Gasteiger partial charge in [0.05, 0.1) is 40.7 Å². The largest absolute Gasteiger partial charge is 0.497 e. The molecule has 2 aromatic heterocycles. The highest BCUT2D eigenvalue weighted by molar-refractivity contribution is 6.33. The van der Waals surface area contributed by atoms with E-state index in [1.54, 1.807) is 30.1 Å². The first-order chi connectivity index (χ1) is 18.2. The molecule has 1 amide bonds. The molecule has 0 fully saturated rings. The number of carbonyl (C=O) groups is 1. The van der Waals surface area contributed by atoms with Gasteiger partial charge in [0.25, 0.3) is 5.91 Å². The van der Waals surface area contributed by atoms with Crippen LogP contribution in [0.25, 0.3) is 16.7 Å². The molecule has 0 saturated heterocycles. The van der Waals surface area contributed by atoms with E-state index in [4.69, 9.17) is 16.3 Å². The molecule has 38 heavy (non-hydrogen) atoms. The highest BCUT2D eigenvalue weighted by atomic mass is 35.5. The minimum absolute atomic E-state index is 0.0118. The third-order valence-electron chi connectivity index (χ3n) is 5.61. The summed E-state index contributed by atoms with van der Waals surface area (Å²) >= 11 is 6.37. The van der Waals surface area contributed by atoms with Crippen molar-refractivity contribution in [3.8, 4) is 11.4 Å². The molecule has 0 saturated carbocycles. The number of nitrogens with one attached hydrogen (secondary N) is 2. The number of hydrogen-bond acceptors (Lipinski definition) is 6. The summed E-state index contributed by atoms with van der Waals surface area (Å²) in [6, 6.07) is 16.1. The lowest BCUT2D eigenvalue weighted by molar-refractivity contribution is -0.137. The van der Waals surface area contributed by atoms with E-state index in [0.29, 0.717) is 33.3 Å². The molecule has 2 N–H and O–H groups in total. The van der Waals surface area contributed by atoms with E-state index in [1.165, 1.54) is 36.7 Å². The van der Waals surface area contributed by atoms with E-state index in [-0.39, 0.29) is 11.3 Å². The number of nitrogens with zero attached hydrogens (tertiary/aromatic N) is 4. The topological polar surface area (TPSA) is 94.0 Å². The zero-order chi connectivity index (χ0) is 26.9. The lowest BCUT2D eigenvalue weighted by Crippen LogP contribution is -2.13. The van der Waals surface area contributed by atoms with Crippen molar-refractivity contribution in [2.24, 2.45) is 0 Å². The first kappa shape index (κ1) is 25.0. The van der Waals surface area contributed by atoms with Crippen molar-refractivity contribution in [3.63, 3.8) is 0 Å². The first-order valence-electron chi connectivity index (χ1n) is 11.1. The first-order valence-corrected chi connectivity index (χ1v) is 11.5. The number of hydrogen-bond donors (Lipinski definition) is 2. The number of anilines is 3.